The van der Waals surface area contributed by atoms with Crippen molar-refractivity contribution >= 4 is 11.9 Å². The van der Waals surface area contributed by atoms with E-state index in [4.69, 9.17) is 9.84 Å². The zero-order valence-electron chi connectivity index (χ0n) is 21.2. The molecule has 2 fully saturated rings. The van der Waals surface area contributed by atoms with Gasteiger partial charge < -0.3 is 30.5 Å². The molecule has 8 nitrogen and oxygen atoms in total. The molecule has 1 amide bonds. The van der Waals surface area contributed by atoms with Crippen LogP contribution in [0.15, 0.2) is 18.2 Å². The summed E-state index contributed by atoms with van der Waals surface area (Å²) in [5, 5.41) is 24.8. The first kappa shape index (κ1) is 28.5. The molecule has 2 aliphatic heterocycles. The van der Waals surface area contributed by atoms with Crippen molar-refractivity contribution in [3.05, 3.63) is 35.1 Å². The van der Waals surface area contributed by atoms with Gasteiger partial charge in [0.1, 0.15) is 5.82 Å². The molecule has 0 bridgehead atoms. The van der Waals surface area contributed by atoms with E-state index in [0.29, 0.717) is 49.1 Å². The first-order valence-electron chi connectivity index (χ1n) is 13.4. The molecule has 0 spiro atoms. The maximum Gasteiger partial charge on any atom is 0.310 e. The second-order valence-corrected chi connectivity index (χ2v) is 10.2. The highest BCUT2D eigenvalue weighted by Crippen LogP contribution is 2.19. The Hall–Kier alpha value is -2.07. The van der Waals surface area contributed by atoms with Crippen LogP contribution in [0.3, 0.4) is 0 Å². The minimum absolute atomic E-state index is 0.0140. The van der Waals surface area contributed by atoms with Crippen LogP contribution in [-0.2, 0) is 27.2 Å². The summed E-state index contributed by atoms with van der Waals surface area (Å²) in [4.78, 5) is 26.4. The van der Waals surface area contributed by atoms with Crippen LogP contribution in [0.4, 0.5) is 4.39 Å². The number of nitrogens with one attached hydrogen (secondary N) is 2. The number of aliphatic hydroxyl groups is 2. The number of carbonyl (C=O) groups is 2. The average molecular weight is 508 g/mol. The number of hydrogen-bond donors (Lipinski definition) is 4. The van der Waals surface area contributed by atoms with Crippen molar-refractivity contribution in [2.75, 3.05) is 52.5 Å². The molecule has 2 saturated heterocycles. The van der Waals surface area contributed by atoms with Crippen LogP contribution in [0.5, 0.6) is 0 Å². The number of rotatable bonds is 15. The van der Waals surface area contributed by atoms with E-state index in [1.54, 1.807) is 17.0 Å². The third-order valence-corrected chi connectivity index (χ3v) is 7.15. The van der Waals surface area contributed by atoms with Gasteiger partial charge in [0.05, 0.1) is 32.2 Å². The second kappa shape index (κ2) is 15.2. The van der Waals surface area contributed by atoms with Gasteiger partial charge >= 0.3 is 5.97 Å². The van der Waals surface area contributed by atoms with Crippen molar-refractivity contribution < 1.29 is 28.9 Å². The number of halogens is 1. The molecule has 4 N–H and O–H groups in total. The lowest BCUT2D eigenvalue weighted by atomic mass is 9.95. The Morgan fingerprint density at radius 2 is 1.94 bits per heavy atom. The number of amides is 1. The number of ether oxygens (including phenoxy) is 1. The van der Waals surface area contributed by atoms with Crippen LogP contribution in [0.25, 0.3) is 0 Å². The summed E-state index contributed by atoms with van der Waals surface area (Å²) >= 11 is 0. The van der Waals surface area contributed by atoms with E-state index in [1.165, 1.54) is 6.07 Å². The summed E-state index contributed by atoms with van der Waals surface area (Å²) in [5.74, 6) is 0.0803. The van der Waals surface area contributed by atoms with Crippen LogP contribution in [0.2, 0.25) is 0 Å². The van der Waals surface area contributed by atoms with Crippen LogP contribution in [-0.4, -0.2) is 85.6 Å². The summed E-state index contributed by atoms with van der Waals surface area (Å²) in [5.41, 5.74) is 0.895. The first-order valence-corrected chi connectivity index (χ1v) is 13.4. The van der Waals surface area contributed by atoms with E-state index >= 15 is 0 Å². The van der Waals surface area contributed by atoms with Crippen molar-refractivity contribution in [3.8, 4) is 0 Å². The topological polar surface area (TPSA) is 111 Å². The molecule has 0 saturated carbocycles. The Morgan fingerprint density at radius 1 is 1.17 bits per heavy atom. The summed E-state index contributed by atoms with van der Waals surface area (Å²) in [7, 11) is 0. The predicted molar refractivity (Wildman–Crippen MR) is 135 cm³/mol. The quantitative estimate of drug-likeness (QED) is 0.210. The SMILES string of the molecule is O=C(Cc1ccc(CC(=O)N2CC(CNCCCC[C@H](O)CO)C2)c(F)c1)OCCC1CCNCC1. The lowest BCUT2D eigenvalue weighted by Crippen LogP contribution is -2.53. The van der Waals surface area contributed by atoms with Crippen molar-refractivity contribution in [1.29, 1.82) is 0 Å². The van der Waals surface area contributed by atoms with E-state index in [9.17, 15) is 19.1 Å². The van der Waals surface area contributed by atoms with Crippen molar-refractivity contribution in [2.45, 2.75) is 57.5 Å². The van der Waals surface area contributed by atoms with Gasteiger partial charge in [0.25, 0.3) is 0 Å². The minimum atomic E-state index is -0.632. The highest BCUT2D eigenvalue weighted by atomic mass is 19.1. The molecular formula is C27H42FN3O5. The molecule has 0 radical (unpaired) electrons. The molecule has 0 aromatic heterocycles. The summed E-state index contributed by atoms with van der Waals surface area (Å²) in [6.45, 7) is 5.23. The molecule has 1 aromatic carbocycles. The molecular weight excluding hydrogens is 465 g/mol. The van der Waals surface area contributed by atoms with Gasteiger partial charge in [0, 0.05) is 25.6 Å². The van der Waals surface area contributed by atoms with E-state index in [2.05, 4.69) is 10.6 Å². The van der Waals surface area contributed by atoms with Crippen LogP contribution in [0, 0.1) is 17.7 Å². The lowest BCUT2D eigenvalue weighted by Gasteiger charge is -2.39. The van der Waals surface area contributed by atoms with Gasteiger partial charge in [-0.05, 0) is 81.3 Å². The number of aliphatic hydroxyl groups excluding tert-OH is 2. The smallest absolute Gasteiger partial charge is 0.310 e. The molecule has 3 rings (SSSR count). The molecule has 0 aliphatic carbocycles. The van der Waals surface area contributed by atoms with Gasteiger partial charge in [0.15, 0.2) is 0 Å². The molecule has 2 aliphatic rings. The number of likely N-dealkylation sites (tertiary alicyclic amines) is 1. The van der Waals surface area contributed by atoms with Gasteiger partial charge in [-0.1, -0.05) is 12.1 Å². The number of carbonyl (C=O) groups excluding carboxylic acids is 2. The minimum Gasteiger partial charge on any atom is -0.465 e. The van der Waals surface area contributed by atoms with Crippen LogP contribution in [0.1, 0.15) is 49.7 Å². The van der Waals surface area contributed by atoms with E-state index < -0.39 is 11.9 Å². The normalized spacial score (nSPS) is 17.6. The molecule has 9 heteroatoms. The van der Waals surface area contributed by atoms with Crippen molar-refractivity contribution in [1.82, 2.24) is 15.5 Å². The Labute approximate surface area is 213 Å². The van der Waals surface area contributed by atoms with Gasteiger partial charge in [-0.15, -0.1) is 0 Å². The third kappa shape index (κ3) is 9.76. The fourth-order valence-electron chi connectivity index (χ4n) is 4.78. The average Bonchev–Trinajstić information content (AvgIpc) is 2.84. The van der Waals surface area contributed by atoms with E-state index in [1.807, 2.05) is 0 Å². The first-order chi connectivity index (χ1) is 17.4. The largest absolute Gasteiger partial charge is 0.465 e. The number of piperidine rings is 1. The zero-order chi connectivity index (χ0) is 25.8. The molecule has 1 atom stereocenters. The second-order valence-electron chi connectivity index (χ2n) is 10.2. The Balaban J connectivity index is 1.28. The van der Waals surface area contributed by atoms with Crippen LogP contribution >= 0.6 is 0 Å². The number of hydrogen-bond acceptors (Lipinski definition) is 7. The molecule has 2 heterocycles. The Kier molecular flexibility index (Phi) is 12.1. The highest BCUT2D eigenvalue weighted by molar-refractivity contribution is 5.79. The highest BCUT2D eigenvalue weighted by Gasteiger charge is 2.30. The molecule has 0 unspecified atom stereocenters. The number of unbranched alkanes of at least 4 members (excludes halogenated alkanes) is 1. The van der Waals surface area contributed by atoms with Gasteiger partial charge in [-0.3, -0.25) is 9.59 Å². The van der Waals surface area contributed by atoms with Gasteiger partial charge in [-0.2, -0.15) is 0 Å². The third-order valence-electron chi connectivity index (χ3n) is 7.15. The summed E-state index contributed by atoms with van der Waals surface area (Å²) in [6, 6.07) is 4.62. The number of nitrogens with zero attached hydrogens (tertiary/aromatic N) is 1. The lowest BCUT2D eigenvalue weighted by molar-refractivity contribution is -0.143. The molecule has 1 aromatic rings. The molecule has 36 heavy (non-hydrogen) atoms. The maximum atomic E-state index is 14.6. The van der Waals surface area contributed by atoms with Crippen LogP contribution < -0.4 is 10.6 Å². The fourth-order valence-corrected chi connectivity index (χ4v) is 4.78. The van der Waals surface area contributed by atoms with E-state index in [-0.39, 0.29) is 31.3 Å². The van der Waals surface area contributed by atoms with Crippen molar-refractivity contribution in [3.63, 3.8) is 0 Å². The maximum absolute atomic E-state index is 14.6. The van der Waals surface area contributed by atoms with E-state index in [0.717, 1.165) is 58.3 Å². The zero-order valence-corrected chi connectivity index (χ0v) is 21.2. The standard InChI is InChI=1S/C27H42FN3O5/c28-25-13-21(14-27(35)36-12-8-20-6-10-29-11-7-20)4-5-23(25)15-26(34)31-17-22(18-31)16-30-9-2-1-3-24(33)19-32/h4-5,13,20,22,24,29-30,32-33H,1-3,6-12,14-19H2/t24-/m0/s1. The Morgan fingerprint density at radius 3 is 2.67 bits per heavy atom. The number of esters is 1. The number of benzene rings is 1. The Bertz CT molecular complexity index is 828. The van der Waals surface area contributed by atoms with Gasteiger partial charge in [-0.25, -0.2) is 4.39 Å². The summed E-state index contributed by atoms with van der Waals surface area (Å²) in [6.07, 6.45) is 4.88. The predicted octanol–water partition coefficient (Wildman–Crippen LogP) is 1.42. The monoisotopic (exact) mass is 507 g/mol. The summed E-state index contributed by atoms with van der Waals surface area (Å²) < 4.78 is 19.9. The molecule has 202 valence electrons. The van der Waals surface area contributed by atoms with Gasteiger partial charge in [0.2, 0.25) is 5.91 Å². The van der Waals surface area contributed by atoms with Crippen molar-refractivity contribution in [2.24, 2.45) is 11.8 Å². The fraction of sp³-hybridized carbons (Fsp3) is 0.704.